The Morgan fingerprint density at radius 3 is 2.52 bits per heavy atom. The largest absolute Gasteiger partial charge is 0.497 e. The van der Waals surface area contributed by atoms with Crippen LogP contribution in [-0.4, -0.2) is 45.2 Å². The molecule has 0 saturated carbocycles. The molecule has 1 amide bonds. The van der Waals surface area contributed by atoms with Gasteiger partial charge in [0.2, 0.25) is 5.91 Å². The number of nitrogens with one attached hydrogen (secondary N) is 3. The summed E-state index contributed by atoms with van der Waals surface area (Å²) in [5, 5.41) is 8.85. The van der Waals surface area contributed by atoms with Gasteiger partial charge in [0.1, 0.15) is 23.4 Å². The molecule has 0 heterocycles. The molecule has 2 aromatic rings. The summed E-state index contributed by atoms with van der Waals surface area (Å²) in [6, 6.07) is 13.5. The topological polar surface area (TPSA) is 84.0 Å². The van der Waals surface area contributed by atoms with E-state index in [2.05, 4.69) is 20.9 Å². The van der Waals surface area contributed by atoms with Crippen LogP contribution in [0.5, 0.6) is 11.5 Å². The van der Waals surface area contributed by atoms with Crippen molar-refractivity contribution in [3.63, 3.8) is 0 Å². The average Bonchev–Trinajstić information content (AvgIpc) is 2.72. The summed E-state index contributed by atoms with van der Waals surface area (Å²) >= 11 is 0. The highest BCUT2D eigenvalue weighted by Crippen LogP contribution is 2.13. The van der Waals surface area contributed by atoms with Gasteiger partial charge in [-0.1, -0.05) is 18.2 Å². The van der Waals surface area contributed by atoms with Gasteiger partial charge in [0.05, 0.1) is 20.2 Å². The van der Waals surface area contributed by atoms with Gasteiger partial charge in [-0.25, -0.2) is 4.39 Å². The molecule has 0 fully saturated rings. The van der Waals surface area contributed by atoms with Crippen molar-refractivity contribution < 1.29 is 18.7 Å². The molecular weight excluding hydrogens is 375 g/mol. The fourth-order valence-electron chi connectivity index (χ4n) is 2.45. The molecule has 1 atom stereocenters. The number of rotatable bonds is 9. The van der Waals surface area contributed by atoms with E-state index >= 15 is 0 Å². The molecule has 0 spiro atoms. The third kappa shape index (κ3) is 8.08. The Bertz CT molecular complexity index is 812. The smallest absolute Gasteiger partial charge is 0.239 e. The second kappa shape index (κ2) is 11.5. The number of guanidine groups is 1. The molecule has 2 rings (SSSR count). The highest BCUT2D eigenvalue weighted by Gasteiger charge is 2.08. The van der Waals surface area contributed by atoms with E-state index in [0.29, 0.717) is 24.8 Å². The number of amides is 1. The summed E-state index contributed by atoms with van der Waals surface area (Å²) in [7, 11) is 3.22. The first-order valence-corrected chi connectivity index (χ1v) is 9.26. The van der Waals surface area contributed by atoms with E-state index in [0.717, 1.165) is 11.3 Å². The van der Waals surface area contributed by atoms with Gasteiger partial charge in [0.25, 0.3) is 0 Å². The fraction of sp³-hybridized carbons (Fsp3) is 0.333. The first-order valence-electron chi connectivity index (χ1n) is 9.26. The van der Waals surface area contributed by atoms with Crippen LogP contribution in [0.4, 0.5) is 4.39 Å². The second-order valence-corrected chi connectivity index (χ2v) is 6.32. The molecule has 1 unspecified atom stereocenters. The normalized spacial score (nSPS) is 12.1. The minimum atomic E-state index is -0.346. The van der Waals surface area contributed by atoms with E-state index in [-0.39, 0.29) is 24.4 Å². The van der Waals surface area contributed by atoms with Crippen molar-refractivity contribution >= 4 is 11.9 Å². The Kier molecular flexibility index (Phi) is 8.75. The van der Waals surface area contributed by atoms with Crippen LogP contribution < -0.4 is 25.4 Å². The number of nitrogens with zero attached hydrogens (tertiary/aromatic N) is 1. The number of hydrogen-bond donors (Lipinski definition) is 3. The van der Waals surface area contributed by atoms with Crippen LogP contribution >= 0.6 is 0 Å². The highest BCUT2D eigenvalue weighted by atomic mass is 19.1. The Balaban J connectivity index is 1.68. The van der Waals surface area contributed by atoms with Gasteiger partial charge >= 0.3 is 0 Å². The summed E-state index contributed by atoms with van der Waals surface area (Å²) < 4.78 is 24.0. The summed E-state index contributed by atoms with van der Waals surface area (Å²) in [6.07, 6.45) is -0.223. The van der Waals surface area contributed by atoms with Crippen LogP contribution in [0.3, 0.4) is 0 Å². The van der Waals surface area contributed by atoms with Crippen LogP contribution in [0.15, 0.2) is 53.5 Å². The number of carbonyl (C=O) groups excluding carboxylic acids is 1. The predicted molar refractivity (Wildman–Crippen MR) is 111 cm³/mol. The van der Waals surface area contributed by atoms with E-state index in [1.165, 1.54) is 12.1 Å². The molecule has 2 aromatic carbocycles. The van der Waals surface area contributed by atoms with Crippen molar-refractivity contribution in [3.8, 4) is 11.5 Å². The lowest BCUT2D eigenvalue weighted by atomic mass is 10.2. The number of ether oxygens (including phenoxy) is 2. The van der Waals surface area contributed by atoms with E-state index in [1.807, 2.05) is 31.2 Å². The maximum Gasteiger partial charge on any atom is 0.239 e. The van der Waals surface area contributed by atoms with Gasteiger partial charge < -0.3 is 25.4 Å². The summed E-state index contributed by atoms with van der Waals surface area (Å²) in [6.45, 7) is 2.79. The third-order valence-electron chi connectivity index (χ3n) is 3.98. The minimum absolute atomic E-state index is 0.0783. The minimum Gasteiger partial charge on any atom is -0.497 e. The standard InChI is InChI=1S/C21H27FN4O3/c1-15(29-19-6-4-5-17(22)11-19)12-25-21(23-2)26-14-20(27)24-13-16-7-9-18(28-3)10-8-16/h4-11,15H,12-14H2,1-3H3,(H,24,27)(H2,23,25,26). The molecule has 7 nitrogen and oxygen atoms in total. The van der Waals surface area contributed by atoms with E-state index in [4.69, 9.17) is 9.47 Å². The van der Waals surface area contributed by atoms with Gasteiger partial charge in [-0.2, -0.15) is 0 Å². The maximum atomic E-state index is 13.2. The maximum absolute atomic E-state index is 13.2. The Labute approximate surface area is 170 Å². The van der Waals surface area contributed by atoms with Crippen LogP contribution in [0.1, 0.15) is 12.5 Å². The molecule has 0 saturated heterocycles. The molecule has 0 aromatic heterocycles. The number of methoxy groups -OCH3 is 1. The van der Waals surface area contributed by atoms with E-state index in [1.54, 1.807) is 26.3 Å². The SMILES string of the molecule is CN=C(NCC(=O)NCc1ccc(OC)cc1)NCC(C)Oc1cccc(F)c1. The number of hydrogen-bond acceptors (Lipinski definition) is 4. The van der Waals surface area contributed by atoms with Crippen LogP contribution in [0.25, 0.3) is 0 Å². The number of benzene rings is 2. The average molecular weight is 402 g/mol. The number of halogens is 1. The van der Waals surface area contributed by atoms with Gasteiger partial charge in [-0.3, -0.25) is 9.79 Å². The van der Waals surface area contributed by atoms with Crippen molar-refractivity contribution in [3.05, 3.63) is 59.9 Å². The van der Waals surface area contributed by atoms with Crippen LogP contribution in [-0.2, 0) is 11.3 Å². The zero-order valence-electron chi connectivity index (χ0n) is 16.9. The van der Waals surface area contributed by atoms with Gasteiger partial charge in [0.15, 0.2) is 5.96 Å². The third-order valence-corrected chi connectivity index (χ3v) is 3.98. The molecule has 29 heavy (non-hydrogen) atoms. The zero-order chi connectivity index (χ0) is 21.1. The number of carbonyl (C=O) groups is 1. The Hall–Kier alpha value is -3.29. The van der Waals surface area contributed by atoms with Crippen molar-refractivity contribution in [1.82, 2.24) is 16.0 Å². The van der Waals surface area contributed by atoms with Crippen LogP contribution in [0.2, 0.25) is 0 Å². The van der Waals surface area contributed by atoms with E-state index < -0.39 is 0 Å². The monoisotopic (exact) mass is 402 g/mol. The summed E-state index contributed by atoms with van der Waals surface area (Å²) in [4.78, 5) is 16.1. The van der Waals surface area contributed by atoms with Gasteiger partial charge in [-0.15, -0.1) is 0 Å². The first-order chi connectivity index (χ1) is 14.0. The molecular formula is C21H27FN4O3. The van der Waals surface area contributed by atoms with Crippen molar-refractivity contribution in [1.29, 1.82) is 0 Å². The molecule has 0 radical (unpaired) electrons. The molecule has 156 valence electrons. The molecule has 3 N–H and O–H groups in total. The first kappa shape index (κ1) is 22.0. The molecule has 0 aliphatic carbocycles. The van der Waals surface area contributed by atoms with Crippen LogP contribution in [0, 0.1) is 5.82 Å². The Morgan fingerprint density at radius 2 is 1.86 bits per heavy atom. The Morgan fingerprint density at radius 1 is 1.10 bits per heavy atom. The lowest BCUT2D eigenvalue weighted by Crippen LogP contribution is -2.45. The molecule has 0 aliphatic rings. The van der Waals surface area contributed by atoms with Gasteiger partial charge in [-0.05, 0) is 36.8 Å². The van der Waals surface area contributed by atoms with E-state index in [9.17, 15) is 9.18 Å². The van der Waals surface area contributed by atoms with Crippen molar-refractivity contribution in [2.24, 2.45) is 4.99 Å². The fourth-order valence-corrected chi connectivity index (χ4v) is 2.45. The van der Waals surface area contributed by atoms with Crippen molar-refractivity contribution in [2.45, 2.75) is 19.6 Å². The molecule has 8 heteroatoms. The highest BCUT2D eigenvalue weighted by molar-refractivity contribution is 5.86. The summed E-state index contributed by atoms with van der Waals surface area (Å²) in [5.74, 6) is 1.19. The predicted octanol–water partition coefficient (Wildman–Crippen LogP) is 2.08. The van der Waals surface area contributed by atoms with Gasteiger partial charge in [0, 0.05) is 19.7 Å². The summed E-state index contributed by atoms with van der Waals surface area (Å²) in [5.41, 5.74) is 0.977. The quantitative estimate of drug-likeness (QED) is 0.442. The lowest BCUT2D eigenvalue weighted by molar-refractivity contribution is -0.120. The number of aliphatic imine (C=N–C) groups is 1. The molecule has 0 bridgehead atoms. The zero-order valence-corrected chi connectivity index (χ0v) is 16.9. The van der Waals surface area contributed by atoms with Crippen molar-refractivity contribution in [2.75, 3.05) is 27.2 Å². The molecule has 0 aliphatic heterocycles. The lowest BCUT2D eigenvalue weighted by Gasteiger charge is -2.17. The second-order valence-electron chi connectivity index (χ2n) is 6.32.